The molecule has 1 aromatic carbocycles. The van der Waals surface area contributed by atoms with Crippen LogP contribution in [0.25, 0.3) is 5.69 Å². The zero-order valence-electron chi connectivity index (χ0n) is 14.9. The number of rotatable bonds is 6. The SMILES string of the molecule is CCc1c(C(=O)N(C)CCc2ccccn2)cnn1-c1cccc(Cl)c1. The monoisotopic (exact) mass is 368 g/mol. The van der Waals surface area contributed by atoms with Gasteiger partial charge in [0.25, 0.3) is 5.91 Å². The lowest BCUT2D eigenvalue weighted by Crippen LogP contribution is -2.29. The molecule has 0 aliphatic heterocycles. The Balaban J connectivity index is 1.79. The predicted molar refractivity (Wildman–Crippen MR) is 103 cm³/mol. The van der Waals surface area contributed by atoms with Gasteiger partial charge in [0.2, 0.25) is 0 Å². The van der Waals surface area contributed by atoms with Crippen LogP contribution < -0.4 is 0 Å². The third kappa shape index (κ3) is 3.94. The number of carbonyl (C=O) groups excluding carboxylic acids is 1. The second-order valence-corrected chi connectivity index (χ2v) is 6.48. The van der Waals surface area contributed by atoms with Crippen molar-refractivity contribution in [1.82, 2.24) is 19.7 Å². The summed E-state index contributed by atoms with van der Waals surface area (Å²) in [4.78, 5) is 18.9. The molecule has 26 heavy (non-hydrogen) atoms. The van der Waals surface area contributed by atoms with Gasteiger partial charge in [0, 0.05) is 36.9 Å². The van der Waals surface area contributed by atoms with Crippen LogP contribution in [-0.4, -0.2) is 39.2 Å². The number of hydrogen-bond acceptors (Lipinski definition) is 3. The van der Waals surface area contributed by atoms with E-state index in [0.717, 1.165) is 17.1 Å². The van der Waals surface area contributed by atoms with Crippen molar-refractivity contribution in [3.63, 3.8) is 0 Å². The molecule has 0 saturated heterocycles. The van der Waals surface area contributed by atoms with Crippen molar-refractivity contribution < 1.29 is 4.79 Å². The van der Waals surface area contributed by atoms with Crippen molar-refractivity contribution in [2.24, 2.45) is 0 Å². The van der Waals surface area contributed by atoms with Gasteiger partial charge in [-0.1, -0.05) is 30.7 Å². The molecule has 0 N–H and O–H groups in total. The molecule has 0 fully saturated rings. The van der Waals surface area contributed by atoms with Crippen molar-refractivity contribution in [2.75, 3.05) is 13.6 Å². The molecule has 0 unspecified atom stereocenters. The van der Waals surface area contributed by atoms with E-state index in [9.17, 15) is 4.79 Å². The molecule has 2 aromatic heterocycles. The normalized spacial score (nSPS) is 10.7. The van der Waals surface area contributed by atoms with E-state index < -0.39 is 0 Å². The summed E-state index contributed by atoms with van der Waals surface area (Å²) in [6.07, 6.45) is 4.81. The van der Waals surface area contributed by atoms with Gasteiger partial charge in [0.05, 0.1) is 23.1 Å². The highest BCUT2D eigenvalue weighted by molar-refractivity contribution is 6.30. The number of nitrogens with zero attached hydrogens (tertiary/aromatic N) is 4. The summed E-state index contributed by atoms with van der Waals surface area (Å²) in [7, 11) is 1.81. The molecule has 5 nitrogen and oxygen atoms in total. The third-order valence-electron chi connectivity index (χ3n) is 4.26. The molecule has 2 heterocycles. The van der Waals surface area contributed by atoms with Gasteiger partial charge < -0.3 is 4.90 Å². The number of pyridine rings is 1. The number of amides is 1. The van der Waals surface area contributed by atoms with E-state index >= 15 is 0 Å². The fraction of sp³-hybridized carbons (Fsp3) is 0.250. The maximum atomic E-state index is 12.9. The summed E-state index contributed by atoms with van der Waals surface area (Å²) < 4.78 is 1.78. The first kappa shape index (κ1) is 18.1. The number of halogens is 1. The van der Waals surface area contributed by atoms with Crippen LogP contribution in [-0.2, 0) is 12.8 Å². The number of hydrogen-bond donors (Lipinski definition) is 0. The first-order chi connectivity index (χ1) is 12.6. The van der Waals surface area contributed by atoms with Crippen molar-refractivity contribution >= 4 is 17.5 Å². The van der Waals surface area contributed by atoms with E-state index in [2.05, 4.69) is 10.1 Å². The molecule has 3 aromatic rings. The largest absolute Gasteiger partial charge is 0.341 e. The number of likely N-dealkylation sites (N-methyl/N-ethyl adjacent to an activating group) is 1. The maximum Gasteiger partial charge on any atom is 0.257 e. The van der Waals surface area contributed by atoms with Gasteiger partial charge in [-0.25, -0.2) is 4.68 Å². The Labute approximate surface area is 158 Å². The Bertz CT molecular complexity index is 892. The second-order valence-electron chi connectivity index (χ2n) is 6.05. The summed E-state index contributed by atoms with van der Waals surface area (Å²) in [6.45, 7) is 2.62. The summed E-state index contributed by atoms with van der Waals surface area (Å²) in [5, 5.41) is 5.06. The molecule has 0 aliphatic carbocycles. The Morgan fingerprint density at radius 2 is 2.08 bits per heavy atom. The average Bonchev–Trinajstić information content (AvgIpc) is 3.10. The van der Waals surface area contributed by atoms with Crippen molar-refractivity contribution in [1.29, 1.82) is 0 Å². The standard InChI is InChI=1S/C20H21ClN4O/c1-3-19-18(14-23-25(19)17-9-6-7-15(21)13-17)20(26)24(2)12-10-16-8-4-5-11-22-16/h4-9,11,13-14H,3,10,12H2,1-2H3. The van der Waals surface area contributed by atoms with Crippen molar-refractivity contribution in [3.8, 4) is 5.69 Å². The van der Waals surface area contributed by atoms with Gasteiger partial charge in [-0.15, -0.1) is 0 Å². The van der Waals surface area contributed by atoms with Crippen LogP contribution in [0.2, 0.25) is 5.02 Å². The van der Waals surface area contributed by atoms with Crippen molar-refractivity contribution in [3.05, 3.63) is 76.8 Å². The summed E-state index contributed by atoms with van der Waals surface area (Å²) in [5.74, 6) is -0.0361. The minimum Gasteiger partial charge on any atom is -0.341 e. The van der Waals surface area contributed by atoms with Crippen LogP contribution in [0.1, 0.15) is 28.7 Å². The smallest absolute Gasteiger partial charge is 0.257 e. The van der Waals surface area contributed by atoms with E-state index in [1.54, 1.807) is 29.0 Å². The molecule has 134 valence electrons. The molecule has 1 amide bonds. The molecule has 0 spiro atoms. The van der Waals surface area contributed by atoms with Gasteiger partial charge in [-0.2, -0.15) is 5.10 Å². The van der Waals surface area contributed by atoms with E-state index in [-0.39, 0.29) is 5.91 Å². The molecular weight excluding hydrogens is 348 g/mol. The lowest BCUT2D eigenvalue weighted by molar-refractivity contribution is 0.0795. The molecule has 0 aliphatic rings. The van der Waals surface area contributed by atoms with E-state index in [1.165, 1.54) is 0 Å². The molecular formula is C20H21ClN4O. The minimum absolute atomic E-state index is 0.0361. The molecule has 0 radical (unpaired) electrons. The highest BCUT2D eigenvalue weighted by atomic mass is 35.5. The average molecular weight is 369 g/mol. The maximum absolute atomic E-state index is 12.9. The summed E-state index contributed by atoms with van der Waals surface area (Å²) >= 11 is 6.09. The van der Waals surface area contributed by atoms with Gasteiger partial charge in [0.15, 0.2) is 0 Å². The van der Waals surface area contributed by atoms with E-state index in [4.69, 9.17) is 11.6 Å². The number of carbonyl (C=O) groups is 1. The first-order valence-corrected chi connectivity index (χ1v) is 8.96. The molecule has 6 heteroatoms. The zero-order chi connectivity index (χ0) is 18.5. The lowest BCUT2D eigenvalue weighted by Gasteiger charge is -2.17. The molecule has 0 saturated carbocycles. The highest BCUT2D eigenvalue weighted by Crippen LogP contribution is 2.20. The van der Waals surface area contributed by atoms with Crippen LogP contribution in [0, 0.1) is 0 Å². The first-order valence-electron chi connectivity index (χ1n) is 8.58. The Morgan fingerprint density at radius 1 is 1.23 bits per heavy atom. The Morgan fingerprint density at radius 3 is 2.77 bits per heavy atom. The van der Waals surface area contributed by atoms with Gasteiger partial charge in [-0.3, -0.25) is 9.78 Å². The quantitative estimate of drug-likeness (QED) is 0.665. The topological polar surface area (TPSA) is 51.0 Å². The molecule has 0 atom stereocenters. The van der Waals surface area contributed by atoms with Crippen LogP contribution >= 0.6 is 11.6 Å². The van der Waals surface area contributed by atoms with E-state index in [0.29, 0.717) is 30.0 Å². The second kappa shape index (κ2) is 8.15. The number of benzene rings is 1. The van der Waals surface area contributed by atoms with Gasteiger partial charge in [-0.05, 0) is 36.8 Å². The summed E-state index contributed by atoms with van der Waals surface area (Å²) in [6, 6.07) is 13.3. The fourth-order valence-corrected chi connectivity index (χ4v) is 3.04. The van der Waals surface area contributed by atoms with Crippen LogP contribution in [0.3, 0.4) is 0 Å². The third-order valence-corrected chi connectivity index (χ3v) is 4.50. The minimum atomic E-state index is -0.0361. The van der Waals surface area contributed by atoms with Gasteiger partial charge >= 0.3 is 0 Å². The van der Waals surface area contributed by atoms with Gasteiger partial charge in [0.1, 0.15) is 0 Å². The van der Waals surface area contributed by atoms with Crippen LogP contribution in [0.4, 0.5) is 0 Å². The van der Waals surface area contributed by atoms with Crippen LogP contribution in [0.5, 0.6) is 0 Å². The zero-order valence-corrected chi connectivity index (χ0v) is 15.6. The lowest BCUT2D eigenvalue weighted by atomic mass is 10.1. The Hall–Kier alpha value is -2.66. The predicted octanol–water partition coefficient (Wildman–Crippen LogP) is 3.80. The molecule has 3 rings (SSSR count). The fourth-order valence-electron chi connectivity index (χ4n) is 2.86. The number of aromatic nitrogens is 3. The van der Waals surface area contributed by atoms with E-state index in [1.807, 2.05) is 49.4 Å². The van der Waals surface area contributed by atoms with Crippen molar-refractivity contribution in [2.45, 2.75) is 19.8 Å². The Kier molecular flexibility index (Phi) is 5.68. The summed E-state index contributed by atoms with van der Waals surface area (Å²) in [5.41, 5.74) is 3.32. The highest BCUT2D eigenvalue weighted by Gasteiger charge is 2.20. The van der Waals surface area contributed by atoms with Crippen LogP contribution in [0.15, 0.2) is 54.9 Å². The molecule has 0 bridgehead atoms.